The summed E-state index contributed by atoms with van der Waals surface area (Å²) in [4.78, 5) is 18.2. The van der Waals surface area contributed by atoms with Gasteiger partial charge in [0, 0.05) is 14.1 Å². The summed E-state index contributed by atoms with van der Waals surface area (Å²) >= 11 is 1.29. The molecule has 1 unspecified atom stereocenters. The maximum atomic E-state index is 11.7. The maximum Gasteiger partial charge on any atom is 0.237 e. The van der Waals surface area contributed by atoms with Crippen molar-refractivity contribution in [1.82, 2.24) is 4.98 Å². The Balaban J connectivity index is 3.11. The van der Waals surface area contributed by atoms with Crippen molar-refractivity contribution in [3.63, 3.8) is 0 Å². The molecule has 2 N–H and O–H groups in total. The van der Waals surface area contributed by atoms with Crippen molar-refractivity contribution in [2.24, 2.45) is 5.73 Å². The van der Waals surface area contributed by atoms with Crippen molar-refractivity contribution >= 4 is 22.3 Å². The average Bonchev–Trinajstić information content (AvgIpc) is 2.59. The molecule has 1 atom stereocenters. The van der Waals surface area contributed by atoms with Gasteiger partial charge in [-0.3, -0.25) is 4.79 Å². The third-order valence-corrected chi connectivity index (χ3v) is 3.02. The van der Waals surface area contributed by atoms with Gasteiger partial charge >= 0.3 is 0 Å². The number of rotatable bonds is 4. The standard InChI is InChI=1S/C9H15N3O2S/c1-5(10)6(13)7-8(14-4)11-9(15-7)12(2)3/h5H,10H2,1-4H3. The number of Topliss-reactive ketones (excluding diaryl/α,β-unsaturated/α-hetero) is 1. The van der Waals surface area contributed by atoms with Crippen LogP contribution in [-0.4, -0.2) is 38.0 Å². The van der Waals surface area contributed by atoms with Crippen molar-refractivity contribution in [2.45, 2.75) is 13.0 Å². The van der Waals surface area contributed by atoms with E-state index in [1.165, 1.54) is 18.4 Å². The van der Waals surface area contributed by atoms with Crippen LogP contribution in [0.25, 0.3) is 0 Å². The number of nitrogens with zero attached hydrogens (tertiary/aromatic N) is 2. The molecule has 0 saturated carbocycles. The van der Waals surface area contributed by atoms with Crippen molar-refractivity contribution in [1.29, 1.82) is 0 Å². The Kier molecular flexibility index (Phi) is 3.65. The van der Waals surface area contributed by atoms with E-state index in [9.17, 15) is 4.79 Å². The van der Waals surface area contributed by atoms with Crippen molar-refractivity contribution in [2.75, 3.05) is 26.1 Å². The van der Waals surface area contributed by atoms with Crippen LogP contribution in [0, 0.1) is 0 Å². The van der Waals surface area contributed by atoms with Crippen LogP contribution in [0.15, 0.2) is 0 Å². The molecule has 84 valence electrons. The van der Waals surface area contributed by atoms with Gasteiger partial charge in [0.05, 0.1) is 13.2 Å². The highest BCUT2D eigenvalue weighted by Gasteiger charge is 2.22. The fourth-order valence-corrected chi connectivity index (χ4v) is 1.98. The molecule has 0 aliphatic rings. The van der Waals surface area contributed by atoms with Crippen molar-refractivity contribution < 1.29 is 9.53 Å². The number of anilines is 1. The summed E-state index contributed by atoms with van der Waals surface area (Å²) in [5.74, 6) is 0.212. The summed E-state index contributed by atoms with van der Waals surface area (Å²) in [5.41, 5.74) is 5.54. The van der Waals surface area contributed by atoms with E-state index in [0.29, 0.717) is 10.8 Å². The van der Waals surface area contributed by atoms with Crippen LogP contribution in [0.4, 0.5) is 5.13 Å². The van der Waals surface area contributed by atoms with E-state index >= 15 is 0 Å². The smallest absolute Gasteiger partial charge is 0.237 e. The number of thiazole rings is 1. The molecule has 1 heterocycles. The zero-order chi connectivity index (χ0) is 11.6. The number of nitrogens with two attached hydrogens (primary N) is 1. The summed E-state index contributed by atoms with van der Waals surface area (Å²) in [6, 6.07) is -0.533. The molecular formula is C9H15N3O2S. The first-order valence-electron chi connectivity index (χ1n) is 4.49. The van der Waals surface area contributed by atoms with Gasteiger partial charge in [0.15, 0.2) is 10.9 Å². The van der Waals surface area contributed by atoms with E-state index in [0.717, 1.165) is 5.13 Å². The highest BCUT2D eigenvalue weighted by molar-refractivity contribution is 7.17. The molecule has 0 spiro atoms. The average molecular weight is 229 g/mol. The molecule has 0 fully saturated rings. The number of hydrogen-bond donors (Lipinski definition) is 1. The monoisotopic (exact) mass is 229 g/mol. The van der Waals surface area contributed by atoms with Gasteiger partial charge in [-0.15, -0.1) is 0 Å². The second kappa shape index (κ2) is 4.59. The molecule has 0 aliphatic carbocycles. The lowest BCUT2D eigenvalue weighted by Crippen LogP contribution is -2.26. The summed E-state index contributed by atoms with van der Waals surface area (Å²) in [5, 5.41) is 0.732. The van der Waals surface area contributed by atoms with E-state index in [1.807, 2.05) is 19.0 Å². The van der Waals surface area contributed by atoms with E-state index in [-0.39, 0.29) is 5.78 Å². The largest absolute Gasteiger partial charge is 0.480 e. The van der Waals surface area contributed by atoms with Crippen LogP contribution >= 0.6 is 11.3 Å². The van der Waals surface area contributed by atoms with E-state index in [1.54, 1.807) is 6.92 Å². The normalized spacial score (nSPS) is 12.3. The predicted molar refractivity (Wildman–Crippen MR) is 61.0 cm³/mol. The number of aromatic nitrogens is 1. The van der Waals surface area contributed by atoms with Gasteiger partial charge in [0.2, 0.25) is 5.88 Å². The van der Waals surface area contributed by atoms with Crippen LogP contribution in [-0.2, 0) is 0 Å². The molecule has 0 amide bonds. The molecular weight excluding hydrogens is 214 g/mol. The Bertz CT molecular complexity index is 360. The molecule has 1 aromatic heterocycles. The molecule has 0 aromatic carbocycles. The first-order valence-corrected chi connectivity index (χ1v) is 5.31. The first-order chi connectivity index (χ1) is 6.97. The summed E-state index contributed by atoms with van der Waals surface area (Å²) in [7, 11) is 5.21. The number of carbonyl (C=O) groups is 1. The molecule has 0 bridgehead atoms. The Labute approximate surface area is 92.9 Å². The van der Waals surface area contributed by atoms with Crippen molar-refractivity contribution in [3.05, 3.63) is 4.88 Å². The maximum absolute atomic E-state index is 11.7. The highest BCUT2D eigenvalue weighted by Crippen LogP contribution is 2.31. The lowest BCUT2D eigenvalue weighted by molar-refractivity contribution is 0.0969. The molecule has 5 nitrogen and oxygen atoms in total. The summed E-state index contributed by atoms with van der Waals surface area (Å²) in [6.45, 7) is 1.65. The zero-order valence-electron chi connectivity index (χ0n) is 9.27. The fourth-order valence-electron chi connectivity index (χ4n) is 0.988. The molecule has 0 radical (unpaired) electrons. The van der Waals surface area contributed by atoms with Crippen LogP contribution in [0.3, 0.4) is 0 Å². The van der Waals surface area contributed by atoms with Gasteiger partial charge in [-0.05, 0) is 6.92 Å². The number of ketones is 1. The molecule has 15 heavy (non-hydrogen) atoms. The number of hydrogen-bond acceptors (Lipinski definition) is 6. The van der Waals surface area contributed by atoms with Crippen molar-refractivity contribution in [3.8, 4) is 5.88 Å². The van der Waals surface area contributed by atoms with E-state index in [4.69, 9.17) is 10.5 Å². The second-order valence-corrected chi connectivity index (χ2v) is 4.36. The van der Waals surface area contributed by atoms with Gasteiger partial charge < -0.3 is 15.4 Å². The van der Waals surface area contributed by atoms with Gasteiger partial charge in [0.1, 0.15) is 4.88 Å². The van der Waals surface area contributed by atoms with Crippen LogP contribution in [0.2, 0.25) is 0 Å². The summed E-state index contributed by atoms with van der Waals surface area (Å²) < 4.78 is 5.04. The summed E-state index contributed by atoms with van der Waals surface area (Å²) in [6.07, 6.45) is 0. The Morgan fingerprint density at radius 3 is 2.60 bits per heavy atom. The molecule has 1 aromatic rings. The Hall–Kier alpha value is -1.14. The molecule has 0 saturated heterocycles. The second-order valence-electron chi connectivity index (χ2n) is 3.38. The van der Waals surface area contributed by atoms with Gasteiger partial charge in [-0.2, -0.15) is 4.98 Å². The lowest BCUT2D eigenvalue weighted by atomic mass is 10.2. The molecule has 1 rings (SSSR count). The lowest BCUT2D eigenvalue weighted by Gasteiger charge is -2.04. The van der Waals surface area contributed by atoms with Gasteiger partial charge in [-0.25, -0.2) is 0 Å². The van der Waals surface area contributed by atoms with Gasteiger partial charge in [-0.1, -0.05) is 11.3 Å². The highest BCUT2D eigenvalue weighted by atomic mass is 32.1. The fraction of sp³-hybridized carbons (Fsp3) is 0.556. The number of methoxy groups -OCH3 is 1. The zero-order valence-corrected chi connectivity index (χ0v) is 10.1. The molecule has 0 aliphatic heterocycles. The minimum atomic E-state index is -0.533. The Morgan fingerprint density at radius 1 is 1.60 bits per heavy atom. The first kappa shape index (κ1) is 11.9. The third kappa shape index (κ3) is 2.45. The van der Waals surface area contributed by atoms with E-state index in [2.05, 4.69) is 4.98 Å². The minimum Gasteiger partial charge on any atom is -0.480 e. The van der Waals surface area contributed by atoms with Crippen LogP contribution in [0.1, 0.15) is 16.6 Å². The SMILES string of the molecule is COc1nc(N(C)C)sc1C(=O)C(C)N. The number of ether oxygens (including phenoxy) is 1. The quantitative estimate of drug-likeness (QED) is 0.771. The predicted octanol–water partition coefficient (Wildman–Crippen LogP) is 0.748. The third-order valence-electron chi connectivity index (χ3n) is 1.80. The van der Waals surface area contributed by atoms with Gasteiger partial charge in [0.25, 0.3) is 0 Å². The molecule has 6 heteroatoms. The topological polar surface area (TPSA) is 68.5 Å². The number of carbonyl (C=O) groups excluding carboxylic acids is 1. The van der Waals surface area contributed by atoms with Crippen LogP contribution in [0.5, 0.6) is 5.88 Å². The Morgan fingerprint density at radius 2 is 2.20 bits per heavy atom. The minimum absolute atomic E-state index is 0.141. The van der Waals surface area contributed by atoms with E-state index < -0.39 is 6.04 Å². The van der Waals surface area contributed by atoms with Crippen LogP contribution < -0.4 is 15.4 Å².